The van der Waals surface area contributed by atoms with E-state index in [-0.39, 0.29) is 11.4 Å². The number of anilines is 1. The molecule has 4 amide bonds. The van der Waals surface area contributed by atoms with Crippen LogP contribution in [-0.2, 0) is 9.59 Å². The van der Waals surface area contributed by atoms with Crippen LogP contribution in [-0.4, -0.2) is 29.0 Å². The summed E-state index contributed by atoms with van der Waals surface area (Å²) in [6.45, 7) is 1.86. The van der Waals surface area contributed by atoms with E-state index >= 15 is 0 Å². The number of carbonyl (C=O) groups is 3. The summed E-state index contributed by atoms with van der Waals surface area (Å²) in [6, 6.07) is 11.3. The summed E-state index contributed by atoms with van der Waals surface area (Å²) in [5.41, 5.74) is 1.32. The first-order valence-electron chi connectivity index (χ1n) is 7.91. The van der Waals surface area contributed by atoms with Gasteiger partial charge in [0.15, 0.2) is 5.92 Å². The highest BCUT2D eigenvalue weighted by molar-refractivity contribution is 6.32. The predicted octanol–water partition coefficient (Wildman–Crippen LogP) is 2.50. The minimum Gasteiger partial charge on any atom is -0.276 e. The van der Waals surface area contributed by atoms with Gasteiger partial charge in [0.25, 0.3) is 11.6 Å². The highest BCUT2D eigenvalue weighted by atomic mass is 16.6. The van der Waals surface area contributed by atoms with Crippen LogP contribution in [0.25, 0.3) is 0 Å². The van der Waals surface area contributed by atoms with Gasteiger partial charge < -0.3 is 0 Å². The van der Waals surface area contributed by atoms with Crippen molar-refractivity contribution in [3.05, 3.63) is 64.2 Å². The highest BCUT2D eigenvalue weighted by Crippen LogP contribution is 2.23. The normalized spacial score (nSPS) is 17.3. The SMILES string of the molecule is Cc1ccc(N2C(=O)NC(=O)[C@@H](C=Nc3cccc([N+](=O)[O-])c3)C2=O)cc1. The van der Waals surface area contributed by atoms with E-state index in [4.69, 9.17) is 0 Å². The Morgan fingerprint density at radius 3 is 2.52 bits per heavy atom. The largest absolute Gasteiger partial charge is 0.335 e. The van der Waals surface area contributed by atoms with Gasteiger partial charge in [-0.25, -0.2) is 9.69 Å². The third-order valence-corrected chi connectivity index (χ3v) is 3.91. The maximum absolute atomic E-state index is 12.7. The van der Waals surface area contributed by atoms with Crippen molar-refractivity contribution < 1.29 is 19.3 Å². The number of rotatable bonds is 4. The van der Waals surface area contributed by atoms with E-state index in [0.717, 1.165) is 16.7 Å². The number of nitro groups is 1. The molecule has 0 bridgehead atoms. The molecule has 0 aromatic heterocycles. The van der Waals surface area contributed by atoms with Gasteiger partial charge in [-0.3, -0.25) is 30.0 Å². The summed E-state index contributed by atoms with van der Waals surface area (Å²) in [5.74, 6) is -2.88. The molecule has 3 rings (SSSR count). The van der Waals surface area contributed by atoms with Gasteiger partial charge in [0, 0.05) is 18.3 Å². The van der Waals surface area contributed by atoms with Crippen LogP contribution in [0.2, 0.25) is 0 Å². The number of barbiturate groups is 1. The van der Waals surface area contributed by atoms with Crippen molar-refractivity contribution in [3.63, 3.8) is 0 Å². The molecule has 0 radical (unpaired) electrons. The Hall–Kier alpha value is -3.88. The summed E-state index contributed by atoms with van der Waals surface area (Å²) in [6.07, 6.45) is 1.07. The second-order valence-corrected chi connectivity index (χ2v) is 5.84. The van der Waals surface area contributed by atoms with Crippen LogP contribution in [0, 0.1) is 23.0 Å². The maximum Gasteiger partial charge on any atom is 0.335 e. The Labute approximate surface area is 153 Å². The molecule has 9 nitrogen and oxygen atoms in total. The van der Waals surface area contributed by atoms with Crippen molar-refractivity contribution in [3.8, 4) is 0 Å². The molecule has 9 heteroatoms. The van der Waals surface area contributed by atoms with Gasteiger partial charge in [0.1, 0.15) is 0 Å². The van der Waals surface area contributed by atoms with Gasteiger partial charge in [0.05, 0.1) is 16.3 Å². The van der Waals surface area contributed by atoms with E-state index in [2.05, 4.69) is 10.3 Å². The number of urea groups is 1. The lowest BCUT2D eigenvalue weighted by Gasteiger charge is -2.28. The van der Waals surface area contributed by atoms with Crippen LogP contribution in [0.4, 0.5) is 21.9 Å². The average Bonchev–Trinajstić information content (AvgIpc) is 2.63. The van der Waals surface area contributed by atoms with Crippen molar-refractivity contribution >= 4 is 41.1 Å². The lowest BCUT2D eigenvalue weighted by atomic mass is 10.1. The Morgan fingerprint density at radius 2 is 1.85 bits per heavy atom. The van der Waals surface area contributed by atoms with Crippen LogP contribution >= 0.6 is 0 Å². The number of hydrogen-bond acceptors (Lipinski definition) is 6. The average molecular weight is 366 g/mol. The molecule has 0 spiro atoms. The number of imide groups is 2. The zero-order valence-electron chi connectivity index (χ0n) is 14.2. The topological polar surface area (TPSA) is 122 Å². The van der Waals surface area contributed by atoms with Crippen LogP contribution in [0.3, 0.4) is 0 Å². The molecule has 0 unspecified atom stereocenters. The number of nitro benzene ring substituents is 1. The number of amides is 4. The molecule has 27 heavy (non-hydrogen) atoms. The fourth-order valence-corrected chi connectivity index (χ4v) is 2.51. The summed E-state index contributed by atoms with van der Waals surface area (Å²) in [5, 5.41) is 12.9. The molecule has 1 saturated heterocycles. The monoisotopic (exact) mass is 366 g/mol. The zero-order chi connectivity index (χ0) is 19.6. The number of aryl methyl sites for hydroxylation is 1. The van der Waals surface area contributed by atoms with Gasteiger partial charge in [0.2, 0.25) is 5.91 Å². The molecule has 0 aliphatic carbocycles. The number of non-ortho nitro benzene ring substituents is 1. The van der Waals surface area contributed by atoms with Crippen LogP contribution in [0.15, 0.2) is 53.5 Å². The highest BCUT2D eigenvalue weighted by Gasteiger charge is 2.40. The molecular weight excluding hydrogens is 352 g/mol. The van der Waals surface area contributed by atoms with E-state index in [1.807, 2.05) is 6.92 Å². The quantitative estimate of drug-likeness (QED) is 0.385. The predicted molar refractivity (Wildman–Crippen MR) is 96.9 cm³/mol. The lowest BCUT2D eigenvalue weighted by Crippen LogP contribution is -2.58. The van der Waals surface area contributed by atoms with Crippen molar-refractivity contribution in [2.45, 2.75) is 6.92 Å². The van der Waals surface area contributed by atoms with Crippen molar-refractivity contribution in [2.24, 2.45) is 10.9 Å². The molecule has 1 atom stereocenters. The number of carbonyl (C=O) groups excluding carboxylic acids is 3. The van der Waals surface area contributed by atoms with E-state index in [9.17, 15) is 24.5 Å². The second-order valence-electron chi connectivity index (χ2n) is 5.84. The third kappa shape index (κ3) is 3.71. The Balaban J connectivity index is 1.88. The van der Waals surface area contributed by atoms with Crippen LogP contribution in [0.1, 0.15) is 5.56 Å². The Bertz CT molecular complexity index is 968. The summed E-state index contributed by atoms with van der Waals surface area (Å²) in [4.78, 5) is 51.9. The van der Waals surface area contributed by atoms with Crippen molar-refractivity contribution in [1.29, 1.82) is 0 Å². The van der Waals surface area contributed by atoms with Crippen LogP contribution in [0.5, 0.6) is 0 Å². The van der Waals surface area contributed by atoms with Gasteiger partial charge in [-0.1, -0.05) is 23.8 Å². The molecule has 1 aliphatic heterocycles. The van der Waals surface area contributed by atoms with Gasteiger partial charge >= 0.3 is 6.03 Å². The summed E-state index contributed by atoms with van der Waals surface area (Å²) >= 11 is 0. The molecule has 2 aromatic rings. The smallest absolute Gasteiger partial charge is 0.276 e. The molecule has 1 N–H and O–H groups in total. The third-order valence-electron chi connectivity index (χ3n) is 3.91. The standard InChI is InChI=1S/C18H14N4O5/c1-11-5-7-13(8-6-11)21-17(24)15(16(23)20-18(21)25)10-19-12-3-2-4-14(9-12)22(26)27/h2-10,15H,1H3,(H,20,23,25)/t15-/m1/s1. The first kappa shape index (κ1) is 17.9. The number of nitrogens with zero attached hydrogens (tertiary/aromatic N) is 3. The van der Waals surface area contributed by atoms with E-state index in [1.165, 1.54) is 24.3 Å². The first-order valence-corrected chi connectivity index (χ1v) is 7.91. The number of nitrogens with one attached hydrogen (secondary N) is 1. The Morgan fingerprint density at radius 1 is 1.15 bits per heavy atom. The molecule has 1 fully saturated rings. The molecule has 2 aromatic carbocycles. The second kappa shape index (κ2) is 7.16. The summed E-state index contributed by atoms with van der Waals surface area (Å²) in [7, 11) is 0. The van der Waals surface area contributed by atoms with E-state index < -0.39 is 28.7 Å². The first-order chi connectivity index (χ1) is 12.9. The van der Waals surface area contributed by atoms with E-state index in [0.29, 0.717) is 5.69 Å². The van der Waals surface area contributed by atoms with Gasteiger partial charge in [-0.05, 0) is 25.1 Å². The lowest BCUT2D eigenvalue weighted by molar-refractivity contribution is -0.384. The zero-order valence-corrected chi connectivity index (χ0v) is 14.2. The number of hydrogen-bond donors (Lipinski definition) is 1. The minimum atomic E-state index is -1.33. The van der Waals surface area contributed by atoms with Gasteiger partial charge in [-0.15, -0.1) is 0 Å². The molecular formula is C18H14N4O5. The van der Waals surface area contributed by atoms with Crippen LogP contribution < -0.4 is 10.2 Å². The molecule has 136 valence electrons. The molecule has 1 aliphatic rings. The van der Waals surface area contributed by atoms with E-state index in [1.54, 1.807) is 24.3 Å². The molecule has 1 heterocycles. The number of aliphatic imine (C=N–C) groups is 1. The van der Waals surface area contributed by atoms with Crippen molar-refractivity contribution in [1.82, 2.24) is 5.32 Å². The summed E-state index contributed by atoms with van der Waals surface area (Å²) < 4.78 is 0. The minimum absolute atomic E-state index is 0.166. The molecule has 0 saturated carbocycles. The fourth-order valence-electron chi connectivity index (χ4n) is 2.51. The number of benzene rings is 2. The van der Waals surface area contributed by atoms with Gasteiger partial charge in [-0.2, -0.15) is 0 Å². The fraction of sp³-hybridized carbons (Fsp3) is 0.111. The van der Waals surface area contributed by atoms with Crippen molar-refractivity contribution in [2.75, 3.05) is 4.90 Å². The maximum atomic E-state index is 12.7. The Kier molecular flexibility index (Phi) is 4.75.